The number of rotatable bonds is 6. The molecule has 0 bridgehead atoms. The number of nitrogens with one attached hydrogen (secondary N) is 1. The minimum Gasteiger partial charge on any atom is -0.493 e. The topological polar surface area (TPSA) is 69.3 Å². The number of aryl methyl sites for hydroxylation is 1. The molecule has 0 atom stereocenters. The Kier molecular flexibility index (Phi) is 4.92. The summed E-state index contributed by atoms with van der Waals surface area (Å²) in [6, 6.07) is 8.48. The standard InChI is InChI=1S/C20H17ClFN3O3/c1-11-7-12-14(25-11)3-4-16(19(12)22)28-20-13-8-17(26-2)18(27-6-5-21)9-15(13)23-10-24-20/h3-4,7-10,25H,5-6H2,1-2H3. The molecular weight excluding hydrogens is 385 g/mol. The molecule has 0 saturated heterocycles. The molecule has 2 aromatic heterocycles. The van der Waals surface area contributed by atoms with Crippen molar-refractivity contribution in [3.8, 4) is 23.1 Å². The van der Waals surface area contributed by atoms with Crippen LogP contribution in [0.15, 0.2) is 36.7 Å². The molecule has 0 unspecified atom stereocenters. The number of methoxy groups -OCH3 is 1. The van der Waals surface area contributed by atoms with Gasteiger partial charge >= 0.3 is 0 Å². The Bertz CT molecular complexity index is 1160. The van der Waals surface area contributed by atoms with E-state index in [1.165, 1.54) is 13.4 Å². The summed E-state index contributed by atoms with van der Waals surface area (Å²) in [5.74, 6) is 1.18. The molecule has 0 aliphatic heterocycles. The SMILES string of the molecule is COc1cc2c(Oc3ccc4[nH]c(C)cc4c3F)ncnc2cc1OCCCl. The van der Waals surface area contributed by atoms with Crippen molar-refractivity contribution in [1.82, 2.24) is 15.0 Å². The van der Waals surface area contributed by atoms with Crippen LogP contribution in [0.3, 0.4) is 0 Å². The van der Waals surface area contributed by atoms with Gasteiger partial charge in [-0.3, -0.25) is 0 Å². The highest BCUT2D eigenvalue weighted by Crippen LogP contribution is 2.37. The normalized spacial score (nSPS) is 11.1. The number of hydrogen-bond acceptors (Lipinski definition) is 5. The van der Waals surface area contributed by atoms with E-state index in [9.17, 15) is 4.39 Å². The van der Waals surface area contributed by atoms with Crippen LogP contribution in [-0.4, -0.2) is 34.5 Å². The number of alkyl halides is 1. The molecule has 0 aliphatic rings. The predicted octanol–water partition coefficient (Wildman–Crippen LogP) is 4.98. The van der Waals surface area contributed by atoms with Crippen molar-refractivity contribution in [2.45, 2.75) is 6.92 Å². The second kappa shape index (κ2) is 7.52. The van der Waals surface area contributed by atoms with Crippen molar-refractivity contribution >= 4 is 33.4 Å². The number of benzene rings is 2. The van der Waals surface area contributed by atoms with Gasteiger partial charge in [-0.05, 0) is 31.2 Å². The Balaban J connectivity index is 1.77. The summed E-state index contributed by atoms with van der Waals surface area (Å²) in [4.78, 5) is 11.5. The first-order chi connectivity index (χ1) is 13.6. The summed E-state index contributed by atoms with van der Waals surface area (Å²) in [6.45, 7) is 2.20. The van der Waals surface area contributed by atoms with Crippen molar-refractivity contribution in [1.29, 1.82) is 0 Å². The Morgan fingerprint density at radius 2 is 1.93 bits per heavy atom. The molecule has 4 rings (SSSR count). The molecule has 1 N–H and O–H groups in total. The summed E-state index contributed by atoms with van der Waals surface area (Å²) in [7, 11) is 1.53. The highest BCUT2D eigenvalue weighted by molar-refractivity contribution is 6.18. The second-order valence-electron chi connectivity index (χ2n) is 6.13. The van der Waals surface area contributed by atoms with E-state index < -0.39 is 5.82 Å². The van der Waals surface area contributed by atoms with E-state index in [4.69, 9.17) is 25.8 Å². The largest absolute Gasteiger partial charge is 0.493 e. The molecule has 2 heterocycles. The molecule has 144 valence electrons. The average molecular weight is 402 g/mol. The van der Waals surface area contributed by atoms with Crippen molar-refractivity contribution in [2.24, 2.45) is 0 Å². The third kappa shape index (κ3) is 3.29. The maximum Gasteiger partial charge on any atom is 0.230 e. The molecule has 0 fully saturated rings. The van der Waals surface area contributed by atoms with Gasteiger partial charge in [0.2, 0.25) is 5.88 Å². The van der Waals surface area contributed by atoms with Crippen LogP contribution in [0, 0.1) is 12.7 Å². The third-order valence-electron chi connectivity index (χ3n) is 4.26. The molecule has 28 heavy (non-hydrogen) atoms. The number of fused-ring (bicyclic) bond motifs is 2. The fourth-order valence-corrected chi connectivity index (χ4v) is 3.09. The van der Waals surface area contributed by atoms with Gasteiger partial charge in [-0.15, -0.1) is 11.6 Å². The molecule has 0 aliphatic carbocycles. The van der Waals surface area contributed by atoms with Crippen LogP contribution in [0.2, 0.25) is 0 Å². The van der Waals surface area contributed by atoms with Crippen molar-refractivity contribution in [3.05, 3.63) is 48.2 Å². The molecule has 0 radical (unpaired) electrons. The molecular formula is C20H17ClFN3O3. The predicted molar refractivity (Wildman–Crippen MR) is 105 cm³/mol. The van der Waals surface area contributed by atoms with Crippen LogP contribution in [0.4, 0.5) is 4.39 Å². The summed E-state index contributed by atoms with van der Waals surface area (Å²) >= 11 is 5.69. The highest BCUT2D eigenvalue weighted by Gasteiger charge is 2.16. The average Bonchev–Trinajstić information content (AvgIpc) is 3.09. The van der Waals surface area contributed by atoms with Gasteiger partial charge in [0.25, 0.3) is 0 Å². The summed E-state index contributed by atoms with van der Waals surface area (Å²) in [5, 5.41) is 1.03. The van der Waals surface area contributed by atoms with Crippen LogP contribution >= 0.6 is 11.6 Å². The lowest BCUT2D eigenvalue weighted by molar-refractivity contribution is 0.313. The molecule has 4 aromatic rings. The monoisotopic (exact) mass is 401 g/mol. The zero-order valence-corrected chi connectivity index (χ0v) is 16.0. The van der Waals surface area contributed by atoms with Crippen LogP contribution in [0.1, 0.15) is 5.69 Å². The van der Waals surface area contributed by atoms with Gasteiger partial charge in [-0.1, -0.05) is 0 Å². The smallest absolute Gasteiger partial charge is 0.230 e. The maximum absolute atomic E-state index is 14.9. The molecule has 8 heteroatoms. The minimum absolute atomic E-state index is 0.0768. The van der Waals surface area contributed by atoms with Crippen molar-refractivity contribution in [2.75, 3.05) is 19.6 Å². The molecule has 2 aromatic carbocycles. The van der Waals surface area contributed by atoms with E-state index in [2.05, 4.69) is 15.0 Å². The Hall–Kier alpha value is -3.06. The Labute approximate surface area is 165 Å². The third-order valence-corrected chi connectivity index (χ3v) is 4.42. The molecule has 6 nitrogen and oxygen atoms in total. The summed E-state index contributed by atoms with van der Waals surface area (Å²) in [5.41, 5.74) is 2.15. The number of H-pyrrole nitrogens is 1. The Morgan fingerprint density at radius 3 is 2.71 bits per heavy atom. The number of ether oxygens (including phenoxy) is 3. The second-order valence-corrected chi connectivity index (χ2v) is 6.51. The fraction of sp³-hybridized carbons (Fsp3) is 0.200. The first-order valence-corrected chi connectivity index (χ1v) is 9.11. The number of aromatic nitrogens is 3. The zero-order valence-electron chi connectivity index (χ0n) is 15.3. The fourth-order valence-electron chi connectivity index (χ4n) is 3.01. The van der Waals surface area contributed by atoms with Gasteiger partial charge in [-0.2, -0.15) is 0 Å². The van der Waals surface area contributed by atoms with E-state index >= 15 is 0 Å². The highest BCUT2D eigenvalue weighted by atomic mass is 35.5. The maximum atomic E-state index is 14.9. The van der Waals surface area contributed by atoms with Crippen LogP contribution < -0.4 is 14.2 Å². The van der Waals surface area contributed by atoms with Gasteiger partial charge in [-0.25, -0.2) is 14.4 Å². The van der Waals surface area contributed by atoms with Gasteiger partial charge in [0, 0.05) is 22.7 Å². The zero-order chi connectivity index (χ0) is 19.7. The van der Waals surface area contributed by atoms with Crippen molar-refractivity contribution < 1.29 is 18.6 Å². The first kappa shape index (κ1) is 18.3. The van der Waals surface area contributed by atoms with Gasteiger partial charge in [0.1, 0.15) is 12.9 Å². The molecule has 0 spiro atoms. The van der Waals surface area contributed by atoms with Gasteiger partial charge in [0.15, 0.2) is 23.1 Å². The van der Waals surface area contributed by atoms with Crippen LogP contribution in [0.5, 0.6) is 23.1 Å². The number of halogens is 2. The molecule has 0 saturated carbocycles. The number of hydrogen-bond donors (Lipinski definition) is 1. The minimum atomic E-state index is -0.456. The van der Waals surface area contributed by atoms with E-state index in [1.807, 2.05) is 6.92 Å². The first-order valence-electron chi connectivity index (χ1n) is 8.58. The van der Waals surface area contributed by atoms with Crippen molar-refractivity contribution in [3.63, 3.8) is 0 Å². The van der Waals surface area contributed by atoms with Gasteiger partial charge in [0.05, 0.1) is 23.9 Å². The van der Waals surface area contributed by atoms with E-state index in [-0.39, 0.29) is 11.6 Å². The van der Waals surface area contributed by atoms with E-state index in [0.717, 1.165) is 5.69 Å². The number of aromatic amines is 1. The lowest BCUT2D eigenvalue weighted by Crippen LogP contribution is -2.01. The van der Waals surface area contributed by atoms with E-state index in [0.29, 0.717) is 45.8 Å². The van der Waals surface area contributed by atoms with Gasteiger partial charge < -0.3 is 19.2 Å². The van der Waals surface area contributed by atoms with Crippen LogP contribution in [0.25, 0.3) is 21.8 Å². The lowest BCUT2D eigenvalue weighted by Gasteiger charge is -2.13. The quantitative estimate of drug-likeness (QED) is 0.461. The summed E-state index contributed by atoms with van der Waals surface area (Å²) in [6.07, 6.45) is 1.35. The number of nitrogens with zero attached hydrogens (tertiary/aromatic N) is 2. The van der Waals surface area contributed by atoms with Crippen LogP contribution in [-0.2, 0) is 0 Å². The molecule has 0 amide bonds. The summed E-state index contributed by atoms with van der Waals surface area (Å²) < 4.78 is 31.6. The Morgan fingerprint density at radius 1 is 1.07 bits per heavy atom. The lowest BCUT2D eigenvalue weighted by atomic mass is 10.2. The van der Waals surface area contributed by atoms with E-state index in [1.54, 1.807) is 30.3 Å².